The first-order valence-corrected chi connectivity index (χ1v) is 10.3. The van der Waals surface area contributed by atoms with Gasteiger partial charge in [-0.2, -0.15) is 0 Å². The van der Waals surface area contributed by atoms with E-state index in [1.807, 2.05) is 31.2 Å². The fraction of sp³-hybridized carbons (Fsp3) is 0.190. The number of nitro benzene ring substituents is 1. The van der Waals surface area contributed by atoms with Crippen molar-refractivity contribution >= 4 is 29.2 Å². The molecular formula is C21H18N4O4S. The topological polar surface area (TPSA) is 118 Å². The summed E-state index contributed by atoms with van der Waals surface area (Å²) in [6, 6.07) is 14.2. The lowest BCUT2D eigenvalue weighted by Crippen LogP contribution is -2.31. The Morgan fingerprint density at radius 3 is 2.63 bits per heavy atom. The van der Waals surface area contributed by atoms with Gasteiger partial charge in [-0.15, -0.1) is 0 Å². The zero-order valence-electron chi connectivity index (χ0n) is 16.0. The molecule has 1 unspecified atom stereocenters. The molecule has 1 aromatic heterocycles. The second-order valence-corrected chi connectivity index (χ2v) is 7.99. The molecule has 4 rings (SSSR count). The number of aromatic amines is 1. The Morgan fingerprint density at radius 1 is 1.17 bits per heavy atom. The van der Waals surface area contributed by atoms with Crippen molar-refractivity contribution in [3.8, 4) is 0 Å². The molecule has 2 aromatic carbocycles. The summed E-state index contributed by atoms with van der Waals surface area (Å²) in [4.78, 5) is 43.3. The van der Waals surface area contributed by atoms with Gasteiger partial charge in [0.05, 0.1) is 10.5 Å². The maximum atomic E-state index is 12.9. The van der Waals surface area contributed by atoms with Crippen LogP contribution in [0.4, 0.5) is 11.5 Å². The number of hydrogen-bond donors (Lipinski definition) is 2. The Hall–Kier alpha value is -3.46. The highest BCUT2D eigenvalue weighted by atomic mass is 32.2. The van der Waals surface area contributed by atoms with Crippen molar-refractivity contribution in [2.24, 2.45) is 0 Å². The fourth-order valence-corrected chi connectivity index (χ4v) is 4.29. The average molecular weight is 422 g/mol. The highest BCUT2D eigenvalue weighted by Gasteiger charge is 2.34. The van der Waals surface area contributed by atoms with Gasteiger partial charge < -0.3 is 10.3 Å². The zero-order valence-corrected chi connectivity index (χ0v) is 16.9. The van der Waals surface area contributed by atoms with Crippen LogP contribution in [0.2, 0.25) is 0 Å². The molecule has 0 fully saturated rings. The molecule has 3 aromatic rings. The largest absolute Gasteiger partial charge is 0.310 e. The summed E-state index contributed by atoms with van der Waals surface area (Å²) in [5.41, 5.74) is 2.27. The van der Waals surface area contributed by atoms with Crippen molar-refractivity contribution in [2.75, 3.05) is 5.32 Å². The Morgan fingerprint density at radius 2 is 1.90 bits per heavy atom. The second-order valence-electron chi connectivity index (χ2n) is 7.03. The molecule has 9 heteroatoms. The normalized spacial score (nSPS) is 15.4. The number of nitrogens with one attached hydrogen (secondary N) is 2. The molecule has 1 aliphatic rings. The van der Waals surface area contributed by atoms with Crippen LogP contribution in [-0.2, 0) is 10.5 Å². The Balaban J connectivity index is 1.69. The van der Waals surface area contributed by atoms with E-state index in [1.165, 1.54) is 17.8 Å². The minimum atomic E-state index is -0.734. The number of nitrogens with zero attached hydrogens (tertiary/aromatic N) is 2. The number of benzene rings is 2. The molecule has 0 radical (unpaired) electrons. The zero-order chi connectivity index (χ0) is 21.3. The summed E-state index contributed by atoms with van der Waals surface area (Å²) in [7, 11) is 0. The smallest absolute Gasteiger partial charge is 0.273 e. The first-order chi connectivity index (χ1) is 14.4. The Kier molecular flexibility index (Phi) is 5.37. The molecule has 2 heterocycles. The standard InChI is InChI=1S/C21H18N4O4S/c1-12-6-8-13(9-7-12)11-30-21-23-19-18(20(27)24-21)15(10-17(26)22-19)14-4-2-3-5-16(14)25(28)29/h2-9,15H,10-11H2,1H3,(H2,22,23,24,26,27). The summed E-state index contributed by atoms with van der Waals surface area (Å²) in [5.74, 6) is -0.311. The molecule has 1 amide bonds. The van der Waals surface area contributed by atoms with Crippen LogP contribution in [0.3, 0.4) is 0 Å². The number of anilines is 1. The fourth-order valence-electron chi connectivity index (χ4n) is 3.47. The highest BCUT2D eigenvalue weighted by Crippen LogP contribution is 2.38. The minimum absolute atomic E-state index is 0.0571. The molecule has 1 aliphatic heterocycles. The van der Waals surface area contributed by atoms with Crippen LogP contribution >= 0.6 is 11.8 Å². The molecule has 0 aliphatic carbocycles. The summed E-state index contributed by atoms with van der Waals surface area (Å²) >= 11 is 1.35. The molecule has 8 nitrogen and oxygen atoms in total. The molecule has 152 valence electrons. The molecule has 1 atom stereocenters. The first-order valence-electron chi connectivity index (χ1n) is 9.28. The molecule has 30 heavy (non-hydrogen) atoms. The third-order valence-corrected chi connectivity index (χ3v) is 5.88. The van der Waals surface area contributed by atoms with Gasteiger partial charge in [0.15, 0.2) is 5.16 Å². The van der Waals surface area contributed by atoms with E-state index in [4.69, 9.17) is 0 Å². The van der Waals surface area contributed by atoms with Crippen molar-refractivity contribution in [3.05, 3.63) is 91.3 Å². The molecule has 0 spiro atoms. The molecule has 0 saturated carbocycles. The summed E-state index contributed by atoms with van der Waals surface area (Å²) in [5, 5.41) is 14.5. The minimum Gasteiger partial charge on any atom is -0.310 e. The van der Waals surface area contributed by atoms with Gasteiger partial charge in [-0.3, -0.25) is 19.7 Å². The van der Waals surface area contributed by atoms with Gasteiger partial charge in [0.1, 0.15) is 5.82 Å². The van der Waals surface area contributed by atoms with Crippen LogP contribution in [0, 0.1) is 17.0 Å². The van der Waals surface area contributed by atoms with Crippen molar-refractivity contribution in [1.29, 1.82) is 0 Å². The predicted molar refractivity (Wildman–Crippen MR) is 114 cm³/mol. The molecular weight excluding hydrogens is 404 g/mol. The van der Waals surface area contributed by atoms with E-state index in [2.05, 4.69) is 15.3 Å². The molecule has 0 bridgehead atoms. The van der Waals surface area contributed by atoms with Gasteiger partial charge in [0.2, 0.25) is 5.91 Å². The highest BCUT2D eigenvalue weighted by molar-refractivity contribution is 7.98. The number of rotatable bonds is 5. The average Bonchev–Trinajstić information content (AvgIpc) is 2.72. The van der Waals surface area contributed by atoms with E-state index >= 15 is 0 Å². The van der Waals surface area contributed by atoms with Gasteiger partial charge in [0, 0.05) is 29.7 Å². The number of aryl methyl sites for hydroxylation is 1. The van der Waals surface area contributed by atoms with Crippen LogP contribution in [0.5, 0.6) is 0 Å². The lowest BCUT2D eigenvalue weighted by molar-refractivity contribution is -0.385. The number of amides is 1. The van der Waals surface area contributed by atoms with Gasteiger partial charge in [-0.1, -0.05) is 59.8 Å². The number of aromatic nitrogens is 2. The monoisotopic (exact) mass is 422 g/mol. The van der Waals surface area contributed by atoms with E-state index in [9.17, 15) is 19.7 Å². The number of hydrogen-bond acceptors (Lipinski definition) is 6. The van der Waals surface area contributed by atoms with Crippen molar-refractivity contribution in [2.45, 2.75) is 30.2 Å². The van der Waals surface area contributed by atoms with Gasteiger partial charge in [-0.25, -0.2) is 4.98 Å². The van der Waals surface area contributed by atoms with Crippen LogP contribution in [0.15, 0.2) is 58.5 Å². The summed E-state index contributed by atoms with van der Waals surface area (Å²) in [6.07, 6.45) is -0.0571. The van der Waals surface area contributed by atoms with Gasteiger partial charge >= 0.3 is 0 Å². The summed E-state index contributed by atoms with van der Waals surface area (Å²) < 4.78 is 0. The lowest BCUT2D eigenvalue weighted by Gasteiger charge is -2.24. The quantitative estimate of drug-likeness (QED) is 0.280. The van der Waals surface area contributed by atoms with Crippen molar-refractivity contribution < 1.29 is 9.72 Å². The van der Waals surface area contributed by atoms with E-state index in [1.54, 1.807) is 18.2 Å². The van der Waals surface area contributed by atoms with E-state index < -0.39 is 16.4 Å². The van der Waals surface area contributed by atoms with E-state index in [0.717, 1.165) is 11.1 Å². The second kappa shape index (κ2) is 8.11. The van der Waals surface area contributed by atoms with Gasteiger partial charge in [0.25, 0.3) is 11.2 Å². The Labute approximate surface area is 175 Å². The van der Waals surface area contributed by atoms with E-state index in [-0.39, 0.29) is 29.4 Å². The third-order valence-electron chi connectivity index (χ3n) is 4.93. The maximum absolute atomic E-state index is 12.9. The number of nitro groups is 1. The molecule has 0 saturated heterocycles. The third kappa shape index (κ3) is 3.97. The number of fused-ring (bicyclic) bond motifs is 1. The number of carbonyl (C=O) groups is 1. The first kappa shape index (κ1) is 19.8. The van der Waals surface area contributed by atoms with Crippen molar-refractivity contribution in [3.63, 3.8) is 0 Å². The number of H-pyrrole nitrogens is 1. The maximum Gasteiger partial charge on any atom is 0.273 e. The van der Waals surface area contributed by atoms with Crippen LogP contribution in [0.25, 0.3) is 0 Å². The van der Waals surface area contributed by atoms with Crippen LogP contribution in [-0.4, -0.2) is 20.8 Å². The van der Waals surface area contributed by atoms with Crippen LogP contribution in [0.1, 0.15) is 34.6 Å². The number of thioether (sulfide) groups is 1. The van der Waals surface area contributed by atoms with Gasteiger partial charge in [-0.05, 0) is 12.5 Å². The lowest BCUT2D eigenvalue weighted by atomic mass is 9.86. The Bertz CT molecular complexity index is 1190. The van der Waals surface area contributed by atoms with Crippen LogP contribution < -0.4 is 10.9 Å². The molecule has 2 N–H and O–H groups in total. The number of para-hydroxylation sites is 1. The number of carbonyl (C=O) groups excluding carboxylic acids is 1. The van der Waals surface area contributed by atoms with E-state index in [0.29, 0.717) is 16.5 Å². The predicted octanol–water partition coefficient (Wildman–Crippen LogP) is 3.75. The summed E-state index contributed by atoms with van der Waals surface area (Å²) in [6.45, 7) is 2.01. The van der Waals surface area contributed by atoms with Crippen molar-refractivity contribution in [1.82, 2.24) is 9.97 Å². The SMILES string of the molecule is Cc1ccc(CSc2nc3c(c(=O)[nH]2)C(c2ccccc2[N+](=O)[O-])CC(=O)N3)cc1.